The van der Waals surface area contributed by atoms with Crippen LogP contribution in [0.5, 0.6) is 0 Å². The molecule has 15 heavy (non-hydrogen) atoms. The molecule has 0 saturated carbocycles. The number of fused-ring (bicyclic) bond motifs is 1. The summed E-state index contributed by atoms with van der Waals surface area (Å²) in [5.41, 5.74) is 5.91. The Labute approximate surface area is 95.0 Å². The fourth-order valence-electron chi connectivity index (χ4n) is 1.77. The Morgan fingerprint density at radius 1 is 1.00 bits per heavy atom. The van der Waals surface area contributed by atoms with Crippen LogP contribution in [0.1, 0.15) is 44.9 Å². The van der Waals surface area contributed by atoms with Gasteiger partial charge in [-0.05, 0) is 37.8 Å². The van der Waals surface area contributed by atoms with Gasteiger partial charge in [0.1, 0.15) is 0 Å². The highest BCUT2D eigenvalue weighted by molar-refractivity contribution is 5.38. The molecule has 84 valence electrons. The van der Waals surface area contributed by atoms with Crippen molar-refractivity contribution in [3.63, 3.8) is 0 Å². The Hall–Kier alpha value is -1.04. The van der Waals surface area contributed by atoms with Crippen LogP contribution < -0.4 is 0 Å². The van der Waals surface area contributed by atoms with E-state index in [4.69, 9.17) is 0 Å². The van der Waals surface area contributed by atoms with E-state index in [2.05, 4.69) is 38.1 Å². The number of hydrogen-bond acceptors (Lipinski definition) is 0. The number of benzene rings is 1. The van der Waals surface area contributed by atoms with E-state index in [1.807, 2.05) is 13.8 Å². The van der Waals surface area contributed by atoms with Crippen molar-refractivity contribution in [1.29, 1.82) is 0 Å². The second-order valence-electron chi connectivity index (χ2n) is 3.70. The normalized spacial score (nSPS) is 12.7. The predicted molar refractivity (Wildman–Crippen MR) is 70.4 cm³/mol. The van der Waals surface area contributed by atoms with Crippen molar-refractivity contribution in [3.8, 4) is 0 Å². The minimum atomic E-state index is 0. The van der Waals surface area contributed by atoms with Gasteiger partial charge in [-0.2, -0.15) is 0 Å². The first-order chi connectivity index (χ1) is 6.75. The Morgan fingerprint density at radius 3 is 2.33 bits per heavy atom. The summed E-state index contributed by atoms with van der Waals surface area (Å²) in [6.45, 7) is 8.37. The molecule has 0 unspecified atom stereocenters. The van der Waals surface area contributed by atoms with Crippen LogP contribution in [0.4, 0.5) is 0 Å². The lowest BCUT2D eigenvalue weighted by molar-refractivity contribution is 1.01. The summed E-state index contributed by atoms with van der Waals surface area (Å²) in [5, 5.41) is 0. The fourth-order valence-corrected chi connectivity index (χ4v) is 1.77. The first kappa shape index (κ1) is 14.0. The summed E-state index contributed by atoms with van der Waals surface area (Å²) in [6.07, 6.45) is 4.61. The minimum absolute atomic E-state index is 0. The molecule has 0 spiro atoms. The largest absolute Gasteiger partial charge is 0.0809 e. The monoisotopic (exact) mass is 204 g/mol. The van der Waals surface area contributed by atoms with E-state index in [0.717, 1.165) is 12.8 Å². The van der Waals surface area contributed by atoms with E-state index in [0.29, 0.717) is 0 Å². The van der Waals surface area contributed by atoms with Gasteiger partial charge in [-0.15, -0.1) is 0 Å². The van der Waals surface area contributed by atoms with Crippen molar-refractivity contribution in [2.75, 3.05) is 0 Å². The quantitative estimate of drug-likeness (QED) is 0.537. The average Bonchev–Trinajstić information content (AvgIpc) is 2.21. The topological polar surface area (TPSA) is 0 Å². The molecule has 1 aliphatic carbocycles. The van der Waals surface area contributed by atoms with Gasteiger partial charge in [0, 0.05) is 0 Å². The van der Waals surface area contributed by atoms with Gasteiger partial charge in [-0.25, -0.2) is 0 Å². The first-order valence-electron chi connectivity index (χ1n) is 5.50. The summed E-state index contributed by atoms with van der Waals surface area (Å²) >= 11 is 0. The molecule has 1 aromatic rings. The smallest absolute Gasteiger partial charge is 0.00669 e. The zero-order valence-corrected chi connectivity index (χ0v) is 9.72. The Bertz CT molecular complexity index is 332. The van der Waals surface area contributed by atoms with Gasteiger partial charge >= 0.3 is 0 Å². The summed E-state index contributed by atoms with van der Waals surface area (Å²) < 4.78 is 0. The van der Waals surface area contributed by atoms with Crippen LogP contribution in [0.3, 0.4) is 0 Å². The van der Waals surface area contributed by atoms with E-state index in [9.17, 15) is 0 Å². The van der Waals surface area contributed by atoms with E-state index >= 15 is 0 Å². The van der Waals surface area contributed by atoms with Gasteiger partial charge in [-0.3, -0.25) is 0 Å². The van der Waals surface area contributed by atoms with Gasteiger partial charge in [0.05, 0.1) is 0 Å². The molecular formula is C15H24. The summed E-state index contributed by atoms with van der Waals surface area (Å²) in [7, 11) is 0. The zero-order valence-electron chi connectivity index (χ0n) is 9.72. The van der Waals surface area contributed by atoms with E-state index < -0.39 is 0 Å². The molecule has 1 aromatic carbocycles. The number of rotatable bonds is 0. The lowest BCUT2D eigenvalue weighted by atomic mass is 9.91. The van der Waals surface area contributed by atoms with Gasteiger partial charge in [0.25, 0.3) is 0 Å². The van der Waals surface area contributed by atoms with Crippen molar-refractivity contribution in [3.05, 3.63) is 46.5 Å². The van der Waals surface area contributed by atoms with E-state index in [1.165, 1.54) is 22.3 Å². The second-order valence-corrected chi connectivity index (χ2v) is 3.70. The van der Waals surface area contributed by atoms with Crippen molar-refractivity contribution < 1.29 is 0 Å². The summed E-state index contributed by atoms with van der Waals surface area (Å²) in [5.74, 6) is 0. The van der Waals surface area contributed by atoms with Crippen molar-refractivity contribution in [1.82, 2.24) is 0 Å². The molecule has 0 fully saturated rings. The molecule has 0 aliphatic heterocycles. The van der Waals surface area contributed by atoms with Crippen molar-refractivity contribution >= 4 is 0 Å². The molecule has 0 radical (unpaired) electrons. The van der Waals surface area contributed by atoms with E-state index in [-0.39, 0.29) is 7.43 Å². The maximum Gasteiger partial charge on any atom is -0.00669 e. The summed E-state index contributed by atoms with van der Waals surface area (Å²) in [6, 6.07) is 6.77. The number of aryl methyl sites for hydroxylation is 1. The maximum absolute atomic E-state index is 2.34. The fraction of sp³-hybridized carbons (Fsp3) is 0.467. The lowest BCUT2D eigenvalue weighted by Crippen LogP contribution is -2.01. The molecule has 2 rings (SSSR count). The molecule has 0 nitrogen and oxygen atoms in total. The van der Waals surface area contributed by atoms with E-state index in [1.54, 1.807) is 0 Å². The average molecular weight is 204 g/mol. The summed E-state index contributed by atoms with van der Waals surface area (Å²) in [4.78, 5) is 0. The standard InChI is InChI=1S/C12H14.C2H6.CH4/c1-9-3-5-12-8-10(2)4-6-11(12)7-9;1-2;/h3-5,7H,6,8H2,1-2H3;1-2H3;1H4. The molecular weight excluding hydrogens is 180 g/mol. The molecule has 0 heteroatoms. The van der Waals surface area contributed by atoms with Crippen LogP contribution in [0.2, 0.25) is 0 Å². The zero-order chi connectivity index (χ0) is 10.6. The Kier molecular flexibility index (Phi) is 6.00. The van der Waals surface area contributed by atoms with Crippen molar-refractivity contribution in [2.24, 2.45) is 0 Å². The Balaban J connectivity index is 0.000000617. The molecule has 1 aliphatic rings. The highest BCUT2D eigenvalue weighted by Crippen LogP contribution is 2.21. The predicted octanol–water partition coefficient (Wildman–Crippen LogP) is 4.70. The van der Waals surface area contributed by atoms with Crippen LogP contribution >= 0.6 is 0 Å². The molecule has 0 heterocycles. The molecule has 0 saturated heterocycles. The second kappa shape index (κ2) is 6.44. The minimum Gasteiger partial charge on any atom is -0.0809 e. The number of allylic oxidation sites excluding steroid dienone is 2. The molecule has 0 aromatic heterocycles. The van der Waals surface area contributed by atoms with Crippen LogP contribution in [-0.4, -0.2) is 0 Å². The third-order valence-corrected chi connectivity index (χ3v) is 2.50. The SMILES string of the molecule is C.CC.CC1=CCc2cc(C)ccc2C1. The van der Waals surface area contributed by atoms with Crippen LogP contribution in [0.15, 0.2) is 29.8 Å². The molecule has 0 N–H and O–H groups in total. The maximum atomic E-state index is 2.34. The molecule has 0 amide bonds. The van der Waals surface area contributed by atoms with Crippen LogP contribution in [-0.2, 0) is 12.8 Å². The molecule has 0 bridgehead atoms. The van der Waals surface area contributed by atoms with Gasteiger partial charge in [0.2, 0.25) is 0 Å². The van der Waals surface area contributed by atoms with Gasteiger partial charge < -0.3 is 0 Å². The highest BCUT2D eigenvalue weighted by atomic mass is 14.1. The highest BCUT2D eigenvalue weighted by Gasteiger charge is 2.07. The lowest BCUT2D eigenvalue weighted by Gasteiger charge is -2.14. The third-order valence-electron chi connectivity index (χ3n) is 2.50. The van der Waals surface area contributed by atoms with Gasteiger partial charge in [0.15, 0.2) is 0 Å². The van der Waals surface area contributed by atoms with Crippen LogP contribution in [0, 0.1) is 6.92 Å². The first-order valence-corrected chi connectivity index (χ1v) is 5.50. The van der Waals surface area contributed by atoms with Gasteiger partial charge in [-0.1, -0.05) is 56.7 Å². The number of hydrogen-bond donors (Lipinski definition) is 0. The Morgan fingerprint density at radius 2 is 1.67 bits per heavy atom. The molecule has 0 atom stereocenters. The van der Waals surface area contributed by atoms with Crippen molar-refractivity contribution in [2.45, 2.75) is 48.0 Å². The van der Waals surface area contributed by atoms with Crippen LogP contribution in [0.25, 0.3) is 0 Å². The third kappa shape index (κ3) is 3.54.